The molecule has 1 amide bonds. The maximum atomic E-state index is 13.0. The Hall–Kier alpha value is -2.14. The third-order valence-electron chi connectivity index (χ3n) is 4.67. The average Bonchev–Trinajstić information content (AvgIpc) is 3.23. The number of amides is 1. The molecule has 1 saturated heterocycles. The van der Waals surface area contributed by atoms with Crippen LogP contribution in [0.3, 0.4) is 0 Å². The molecular weight excluding hydrogens is 306 g/mol. The number of aryl methyl sites for hydroxylation is 1. The predicted octanol–water partition coefficient (Wildman–Crippen LogP) is 3.88. The van der Waals surface area contributed by atoms with Gasteiger partial charge in [-0.15, -0.1) is 11.3 Å². The van der Waals surface area contributed by atoms with Crippen molar-refractivity contribution in [3.8, 4) is 0 Å². The maximum Gasteiger partial charge on any atom is 0.264 e. The van der Waals surface area contributed by atoms with Crippen LogP contribution in [-0.4, -0.2) is 33.4 Å². The number of imidazole rings is 1. The Bertz CT molecular complexity index is 837. The summed E-state index contributed by atoms with van der Waals surface area (Å²) in [6.45, 7) is 3.67. The van der Waals surface area contributed by atoms with Crippen LogP contribution in [0.5, 0.6) is 0 Å². The molecule has 0 saturated carbocycles. The van der Waals surface area contributed by atoms with Crippen molar-refractivity contribution in [2.24, 2.45) is 0 Å². The highest BCUT2D eigenvalue weighted by Crippen LogP contribution is 2.32. The molecule has 3 aromatic rings. The second-order valence-electron chi connectivity index (χ2n) is 6.11. The lowest BCUT2D eigenvalue weighted by Crippen LogP contribution is -2.40. The fourth-order valence-electron chi connectivity index (χ4n) is 3.39. The zero-order valence-electron chi connectivity index (χ0n) is 13.1. The van der Waals surface area contributed by atoms with Crippen LogP contribution >= 0.6 is 11.3 Å². The number of likely N-dealkylation sites (tertiary alicyclic amines) is 1. The van der Waals surface area contributed by atoms with Crippen LogP contribution in [0, 0.1) is 6.92 Å². The molecule has 1 unspecified atom stereocenters. The van der Waals surface area contributed by atoms with E-state index in [0.717, 1.165) is 36.4 Å². The van der Waals surface area contributed by atoms with E-state index >= 15 is 0 Å². The Morgan fingerprint density at radius 2 is 2.22 bits per heavy atom. The standard InChI is InChI=1S/C18H19N3OS/c1-13-15-6-2-3-7-16(15)23-17(13)18(22)20-9-4-5-14(11-20)21-10-8-19-12-21/h2-3,6-8,10,12,14H,4-5,9,11H2,1H3. The van der Waals surface area contributed by atoms with Crippen molar-refractivity contribution in [3.05, 3.63) is 53.4 Å². The zero-order valence-corrected chi connectivity index (χ0v) is 13.9. The number of thiophene rings is 1. The zero-order chi connectivity index (χ0) is 15.8. The first-order valence-corrected chi connectivity index (χ1v) is 8.80. The predicted molar refractivity (Wildman–Crippen MR) is 93.0 cm³/mol. The Kier molecular flexibility index (Phi) is 3.65. The molecule has 0 N–H and O–H groups in total. The van der Waals surface area contributed by atoms with Crippen molar-refractivity contribution in [1.29, 1.82) is 0 Å². The number of carbonyl (C=O) groups is 1. The van der Waals surface area contributed by atoms with Gasteiger partial charge in [-0.3, -0.25) is 4.79 Å². The molecule has 0 bridgehead atoms. The van der Waals surface area contributed by atoms with Crippen molar-refractivity contribution in [3.63, 3.8) is 0 Å². The highest BCUT2D eigenvalue weighted by atomic mass is 32.1. The van der Waals surface area contributed by atoms with Gasteiger partial charge < -0.3 is 9.47 Å². The van der Waals surface area contributed by atoms with Crippen LogP contribution in [0.15, 0.2) is 43.0 Å². The normalized spacial score (nSPS) is 18.5. The molecule has 2 aromatic heterocycles. The van der Waals surface area contributed by atoms with Crippen LogP contribution < -0.4 is 0 Å². The van der Waals surface area contributed by atoms with Gasteiger partial charge in [0, 0.05) is 30.2 Å². The molecule has 1 aliphatic heterocycles. The van der Waals surface area contributed by atoms with Crippen LogP contribution in [0.2, 0.25) is 0 Å². The van der Waals surface area contributed by atoms with Crippen LogP contribution in [0.4, 0.5) is 0 Å². The summed E-state index contributed by atoms with van der Waals surface area (Å²) < 4.78 is 3.31. The summed E-state index contributed by atoms with van der Waals surface area (Å²) in [5.74, 6) is 0.175. The quantitative estimate of drug-likeness (QED) is 0.717. The number of benzene rings is 1. The van der Waals surface area contributed by atoms with E-state index in [4.69, 9.17) is 0 Å². The molecule has 1 fully saturated rings. The molecule has 0 radical (unpaired) electrons. The lowest BCUT2D eigenvalue weighted by atomic mass is 10.0. The third kappa shape index (κ3) is 2.55. The summed E-state index contributed by atoms with van der Waals surface area (Å²) in [5.41, 5.74) is 1.11. The van der Waals surface area contributed by atoms with Gasteiger partial charge >= 0.3 is 0 Å². The summed E-state index contributed by atoms with van der Waals surface area (Å²) in [5, 5.41) is 1.20. The van der Waals surface area contributed by atoms with Crippen molar-refractivity contribution >= 4 is 27.3 Å². The fourth-order valence-corrected chi connectivity index (χ4v) is 4.57. The van der Waals surface area contributed by atoms with E-state index in [9.17, 15) is 4.79 Å². The molecular formula is C18H19N3OS. The molecule has 1 aromatic carbocycles. The van der Waals surface area contributed by atoms with Gasteiger partial charge in [-0.25, -0.2) is 4.98 Å². The van der Waals surface area contributed by atoms with Gasteiger partial charge in [-0.05, 0) is 36.8 Å². The first-order valence-electron chi connectivity index (χ1n) is 7.99. The van der Waals surface area contributed by atoms with Crippen LogP contribution in [0.25, 0.3) is 10.1 Å². The number of carbonyl (C=O) groups excluding carboxylic acids is 1. The lowest BCUT2D eigenvalue weighted by molar-refractivity contribution is 0.0684. The molecule has 5 heteroatoms. The van der Waals surface area contributed by atoms with Crippen LogP contribution in [0.1, 0.15) is 34.1 Å². The summed E-state index contributed by atoms with van der Waals surface area (Å²) in [6.07, 6.45) is 7.79. The Labute approximate surface area is 139 Å². The number of hydrogen-bond acceptors (Lipinski definition) is 3. The van der Waals surface area contributed by atoms with Crippen molar-refractivity contribution in [2.75, 3.05) is 13.1 Å². The largest absolute Gasteiger partial charge is 0.336 e. The van der Waals surface area contributed by atoms with Gasteiger partial charge in [0.2, 0.25) is 0 Å². The highest BCUT2D eigenvalue weighted by molar-refractivity contribution is 7.21. The third-order valence-corrected chi connectivity index (χ3v) is 5.93. The first-order chi connectivity index (χ1) is 11.2. The number of hydrogen-bond donors (Lipinski definition) is 0. The molecule has 0 aliphatic carbocycles. The number of nitrogens with zero attached hydrogens (tertiary/aromatic N) is 3. The second kappa shape index (κ2) is 5.81. The molecule has 4 rings (SSSR count). The minimum absolute atomic E-state index is 0.175. The fraction of sp³-hybridized carbons (Fsp3) is 0.333. The van der Waals surface area contributed by atoms with Gasteiger partial charge in [0.05, 0.1) is 17.2 Å². The average molecular weight is 325 g/mol. The molecule has 0 spiro atoms. The van der Waals surface area contributed by atoms with Gasteiger partial charge in [0.25, 0.3) is 5.91 Å². The van der Waals surface area contributed by atoms with Gasteiger partial charge in [0.15, 0.2) is 0 Å². The number of fused-ring (bicyclic) bond motifs is 1. The van der Waals surface area contributed by atoms with E-state index in [-0.39, 0.29) is 5.91 Å². The SMILES string of the molecule is Cc1c(C(=O)N2CCCC(n3ccnc3)C2)sc2ccccc12. The molecule has 4 nitrogen and oxygen atoms in total. The van der Waals surface area contributed by atoms with E-state index in [0.29, 0.717) is 6.04 Å². The topological polar surface area (TPSA) is 38.1 Å². The highest BCUT2D eigenvalue weighted by Gasteiger charge is 2.27. The molecule has 1 aliphatic rings. The smallest absolute Gasteiger partial charge is 0.264 e. The van der Waals surface area contributed by atoms with Crippen molar-refractivity contribution in [2.45, 2.75) is 25.8 Å². The Morgan fingerprint density at radius 3 is 3.00 bits per heavy atom. The Balaban J connectivity index is 1.61. The number of piperidine rings is 1. The minimum Gasteiger partial charge on any atom is -0.336 e. The van der Waals surface area contributed by atoms with Crippen molar-refractivity contribution in [1.82, 2.24) is 14.5 Å². The van der Waals surface area contributed by atoms with Gasteiger partial charge in [-0.2, -0.15) is 0 Å². The molecule has 1 atom stereocenters. The second-order valence-corrected chi connectivity index (χ2v) is 7.16. The lowest BCUT2D eigenvalue weighted by Gasteiger charge is -2.33. The summed E-state index contributed by atoms with van der Waals surface area (Å²) in [4.78, 5) is 20.0. The molecule has 118 valence electrons. The van der Waals surface area contributed by atoms with E-state index in [1.807, 2.05) is 29.6 Å². The minimum atomic E-state index is 0.175. The molecule has 23 heavy (non-hydrogen) atoms. The summed E-state index contributed by atoms with van der Waals surface area (Å²) in [7, 11) is 0. The van der Waals surface area contributed by atoms with E-state index in [1.165, 1.54) is 10.1 Å². The van der Waals surface area contributed by atoms with Gasteiger partial charge in [0.1, 0.15) is 0 Å². The van der Waals surface area contributed by atoms with E-state index in [2.05, 4.69) is 28.6 Å². The monoisotopic (exact) mass is 325 g/mol. The van der Waals surface area contributed by atoms with Gasteiger partial charge in [-0.1, -0.05) is 18.2 Å². The summed E-state index contributed by atoms with van der Waals surface area (Å²) >= 11 is 1.61. The number of aromatic nitrogens is 2. The Morgan fingerprint density at radius 1 is 1.35 bits per heavy atom. The van der Waals surface area contributed by atoms with Crippen LogP contribution in [-0.2, 0) is 0 Å². The summed E-state index contributed by atoms with van der Waals surface area (Å²) in [6, 6.07) is 8.59. The van der Waals surface area contributed by atoms with E-state index in [1.54, 1.807) is 17.5 Å². The number of rotatable bonds is 2. The molecule has 3 heterocycles. The van der Waals surface area contributed by atoms with E-state index < -0.39 is 0 Å². The first kappa shape index (κ1) is 14.5. The maximum absolute atomic E-state index is 13.0. The van der Waals surface area contributed by atoms with Crippen molar-refractivity contribution < 1.29 is 4.79 Å².